The fourth-order valence-electron chi connectivity index (χ4n) is 5.93. The molecule has 0 aliphatic heterocycles. The SMILES string of the molecule is CC.CC.c1cc(-c2ccc3c4ccccc4c4ccccc4c3c2)cc(-c2cccc3c2sc2ccccc23)c1. The van der Waals surface area contributed by atoms with E-state index in [0.717, 1.165) is 0 Å². The molecule has 0 N–H and O–H groups in total. The summed E-state index contributed by atoms with van der Waals surface area (Å²) in [5.74, 6) is 0. The Kier molecular flexibility index (Phi) is 7.55. The first kappa shape index (κ1) is 26.7. The van der Waals surface area contributed by atoms with Crippen molar-refractivity contribution >= 4 is 63.8 Å². The van der Waals surface area contributed by atoms with Gasteiger partial charge in [0.1, 0.15) is 0 Å². The van der Waals surface area contributed by atoms with E-state index in [-0.39, 0.29) is 0 Å². The molecule has 0 radical (unpaired) electrons. The lowest BCUT2D eigenvalue weighted by Gasteiger charge is -2.12. The highest BCUT2D eigenvalue weighted by Gasteiger charge is 2.12. The average Bonchev–Trinajstić information content (AvgIpc) is 3.46. The van der Waals surface area contributed by atoms with Gasteiger partial charge in [0.15, 0.2) is 0 Å². The van der Waals surface area contributed by atoms with Crippen LogP contribution in [0.25, 0.3) is 74.7 Å². The third-order valence-corrected chi connectivity index (χ3v) is 8.88. The van der Waals surface area contributed by atoms with Gasteiger partial charge in [0.2, 0.25) is 0 Å². The molecule has 0 unspecified atom stereocenters. The molecule has 7 aromatic carbocycles. The molecule has 0 atom stereocenters. The Balaban J connectivity index is 0.000000726. The Morgan fingerprint density at radius 1 is 0.341 bits per heavy atom. The predicted octanol–water partition coefficient (Wildman–Crippen LogP) is 12.9. The van der Waals surface area contributed by atoms with Crippen LogP contribution in [0.15, 0.2) is 133 Å². The summed E-state index contributed by atoms with van der Waals surface area (Å²) in [5.41, 5.74) is 5.06. The number of rotatable bonds is 2. The van der Waals surface area contributed by atoms with Gasteiger partial charge in [-0.25, -0.2) is 0 Å². The van der Waals surface area contributed by atoms with E-state index < -0.39 is 0 Å². The minimum Gasteiger partial charge on any atom is -0.135 e. The molecule has 41 heavy (non-hydrogen) atoms. The molecule has 0 nitrogen and oxygen atoms in total. The summed E-state index contributed by atoms with van der Waals surface area (Å²) in [5, 5.41) is 10.6. The second kappa shape index (κ2) is 11.6. The lowest BCUT2D eigenvalue weighted by molar-refractivity contribution is 1.50. The van der Waals surface area contributed by atoms with Gasteiger partial charge in [-0.05, 0) is 72.8 Å². The van der Waals surface area contributed by atoms with Crippen LogP contribution in [0.3, 0.4) is 0 Å². The molecule has 0 fully saturated rings. The predicted molar refractivity (Wildman–Crippen MR) is 185 cm³/mol. The molecule has 1 heteroatoms. The van der Waals surface area contributed by atoms with Gasteiger partial charge >= 0.3 is 0 Å². The first-order valence-corrected chi connectivity index (χ1v) is 15.5. The van der Waals surface area contributed by atoms with Crippen LogP contribution < -0.4 is 0 Å². The zero-order valence-corrected chi connectivity index (χ0v) is 24.9. The Bertz CT molecular complexity index is 2110. The van der Waals surface area contributed by atoms with Gasteiger partial charge in [-0.2, -0.15) is 0 Å². The van der Waals surface area contributed by atoms with Crippen molar-refractivity contribution in [2.45, 2.75) is 27.7 Å². The first-order chi connectivity index (χ1) is 20.3. The molecule has 0 amide bonds. The van der Waals surface area contributed by atoms with Crippen LogP contribution in [-0.2, 0) is 0 Å². The molecule has 1 heterocycles. The Morgan fingerprint density at radius 2 is 0.829 bits per heavy atom. The Morgan fingerprint density at radius 3 is 1.51 bits per heavy atom. The summed E-state index contributed by atoms with van der Waals surface area (Å²) < 4.78 is 2.70. The summed E-state index contributed by atoms with van der Waals surface area (Å²) in [6.45, 7) is 8.00. The van der Waals surface area contributed by atoms with Crippen LogP contribution in [0.2, 0.25) is 0 Å². The van der Waals surface area contributed by atoms with E-state index in [1.54, 1.807) is 0 Å². The third-order valence-electron chi connectivity index (χ3n) is 7.66. The van der Waals surface area contributed by atoms with E-state index in [9.17, 15) is 0 Å². The van der Waals surface area contributed by atoms with Crippen molar-refractivity contribution in [1.29, 1.82) is 0 Å². The molecule has 0 aliphatic carbocycles. The normalized spacial score (nSPS) is 10.9. The van der Waals surface area contributed by atoms with Gasteiger partial charge < -0.3 is 0 Å². The number of hydrogen-bond acceptors (Lipinski definition) is 1. The monoisotopic (exact) mass is 546 g/mol. The first-order valence-electron chi connectivity index (χ1n) is 14.7. The maximum atomic E-state index is 2.38. The lowest BCUT2D eigenvalue weighted by Crippen LogP contribution is -1.86. The molecule has 200 valence electrons. The van der Waals surface area contributed by atoms with Crippen molar-refractivity contribution < 1.29 is 0 Å². The van der Waals surface area contributed by atoms with Crippen LogP contribution in [0.4, 0.5) is 0 Å². The standard InChI is InChI=1S/C36H22S.2C2H6/c1-2-13-29-27(11-1)28-12-3-4-14-30(28)34-22-24(19-20-31(29)34)23-9-7-10-25(21-23)26-16-8-17-33-32-15-5-6-18-35(32)37-36(26)33;2*1-2/h1-22H;2*1-2H3. The van der Waals surface area contributed by atoms with Crippen LogP contribution in [0.5, 0.6) is 0 Å². The van der Waals surface area contributed by atoms with E-state index in [1.165, 1.54) is 74.7 Å². The van der Waals surface area contributed by atoms with Gasteiger partial charge in [0.05, 0.1) is 0 Å². The minimum atomic E-state index is 1.25. The van der Waals surface area contributed by atoms with Crippen LogP contribution >= 0.6 is 11.3 Å². The van der Waals surface area contributed by atoms with E-state index >= 15 is 0 Å². The van der Waals surface area contributed by atoms with E-state index in [1.807, 2.05) is 39.0 Å². The van der Waals surface area contributed by atoms with E-state index in [4.69, 9.17) is 0 Å². The summed E-state index contributed by atoms with van der Waals surface area (Å²) in [6, 6.07) is 49.0. The fraction of sp³-hybridized carbons (Fsp3) is 0.100. The van der Waals surface area contributed by atoms with E-state index in [0.29, 0.717) is 0 Å². The minimum absolute atomic E-state index is 1.25. The van der Waals surface area contributed by atoms with Crippen molar-refractivity contribution in [2.75, 3.05) is 0 Å². The molecule has 0 bridgehead atoms. The number of thiophene rings is 1. The molecular weight excluding hydrogens is 513 g/mol. The van der Waals surface area contributed by atoms with Gasteiger partial charge in [-0.15, -0.1) is 11.3 Å². The molecule has 0 spiro atoms. The van der Waals surface area contributed by atoms with E-state index in [2.05, 4.69) is 133 Å². The topological polar surface area (TPSA) is 0 Å². The summed E-state index contributed by atoms with van der Waals surface area (Å²) in [6.07, 6.45) is 0. The smallest absolute Gasteiger partial charge is 0.0433 e. The van der Waals surface area contributed by atoms with Crippen molar-refractivity contribution in [3.8, 4) is 22.3 Å². The summed E-state index contributed by atoms with van der Waals surface area (Å²) >= 11 is 1.89. The second-order valence-electron chi connectivity index (χ2n) is 9.71. The molecule has 8 rings (SSSR count). The van der Waals surface area contributed by atoms with Crippen molar-refractivity contribution in [3.63, 3.8) is 0 Å². The van der Waals surface area contributed by atoms with Crippen molar-refractivity contribution in [3.05, 3.63) is 133 Å². The summed E-state index contributed by atoms with van der Waals surface area (Å²) in [7, 11) is 0. The van der Waals surface area contributed by atoms with Gasteiger partial charge in [0.25, 0.3) is 0 Å². The number of hydrogen-bond donors (Lipinski definition) is 0. The highest BCUT2D eigenvalue weighted by Crippen LogP contribution is 2.41. The number of benzene rings is 7. The quantitative estimate of drug-likeness (QED) is 0.189. The second-order valence-corrected chi connectivity index (χ2v) is 10.8. The Hall–Kier alpha value is -4.46. The molecule has 8 aromatic rings. The number of fused-ring (bicyclic) bond motifs is 9. The maximum Gasteiger partial charge on any atom is 0.0433 e. The fourth-order valence-corrected chi connectivity index (χ4v) is 7.17. The third kappa shape index (κ3) is 4.57. The summed E-state index contributed by atoms with van der Waals surface area (Å²) in [4.78, 5) is 0. The highest BCUT2D eigenvalue weighted by molar-refractivity contribution is 7.26. The maximum absolute atomic E-state index is 2.38. The van der Waals surface area contributed by atoms with Crippen LogP contribution in [0.1, 0.15) is 27.7 Å². The average molecular weight is 547 g/mol. The van der Waals surface area contributed by atoms with Gasteiger partial charge in [-0.3, -0.25) is 0 Å². The Labute approximate surface area is 246 Å². The largest absolute Gasteiger partial charge is 0.135 e. The van der Waals surface area contributed by atoms with Crippen LogP contribution in [-0.4, -0.2) is 0 Å². The van der Waals surface area contributed by atoms with Crippen LogP contribution in [0, 0.1) is 0 Å². The molecular formula is C40H34S. The zero-order chi connectivity index (χ0) is 28.3. The van der Waals surface area contributed by atoms with Crippen molar-refractivity contribution in [1.82, 2.24) is 0 Å². The molecule has 0 aliphatic rings. The highest BCUT2D eigenvalue weighted by atomic mass is 32.1. The molecule has 0 saturated carbocycles. The molecule has 0 saturated heterocycles. The van der Waals surface area contributed by atoms with Gasteiger partial charge in [0, 0.05) is 20.2 Å². The zero-order valence-electron chi connectivity index (χ0n) is 24.1. The van der Waals surface area contributed by atoms with Gasteiger partial charge in [-0.1, -0.05) is 143 Å². The lowest BCUT2D eigenvalue weighted by atomic mass is 9.91. The molecule has 1 aromatic heterocycles. The van der Waals surface area contributed by atoms with Crippen molar-refractivity contribution in [2.24, 2.45) is 0 Å².